The van der Waals surface area contributed by atoms with Crippen LogP contribution in [0.25, 0.3) is 5.69 Å². The van der Waals surface area contributed by atoms with Gasteiger partial charge in [0.05, 0.1) is 11.9 Å². The van der Waals surface area contributed by atoms with Crippen LogP contribution < -0.4 is 16.0 Å². The Morgan fingerprint density at radius 1 is 1.15 bits per heavy atom. The van der Waals surface area contributed by atoms with Gasteiger partial charge in [0.2, 0.25) is 0 Å². The summed E-state index contributed by atoms with van der Waals surface area (Å²) in [6.07, 6.45) is 1.11. The number of likely N-dealkylation sites (N-methyl/N-ethyl adjacent to an activating group) is 1. The fraction of sp³-hybridized carbons (Fsp3) is 0.320. The number of nitrogens with one attached hydrogen (secondary N) is 1. The molecule has 2 aromatic carbocycles. The molecule has 0 bridgehead atoms. The van der Waals surface area contributed by atoms with Gasteiger partial charge >= 0.3 is 6.09 Å². The second-order valence-electron chi connectivity index (χ2n) is 9.03. The first-order valence-electron chi connectivity index (χ1n) is 11.0. The van der Waals surface area contributed by atoms with Crippen molar-refractivity contribution in [2.75, 3.05) is 17.2 Å². The molecule has 1 aromatic heterocycles. The van der Waals surface area contributed by atoms with Crippen LogP contribution in [0.5, 0.6) is 0 Å². The number of rotatable bonds is 4. The molecular weight excluding hydrogens is 418 g/mol. The zero-order valence-corrected chi connectivity index (χ0v) is 19.3. The van der Waals surface area contributed by atoms with Crippen molar-refractivity contribution in [1.29, 1.82) is 0 Å². The van der Waals surface area contributed by atoms with Crippen LogP contribution in [0.3, 0.4) is 0 Å². The van der Waals surface area contributed by atoms with Crippen LogP contribution in [0.15, 0.2) is 60.8 Å². The highest BCUT2D eigenvalue weighted by Gasteiger charge is 2.44. The van der Waals surface area contributed by atoms with Crippen molar-refractivity contribution in [3.05, 3.63) is 71.9 Å². The van der Waals surface area contributed by atoms with E-state index in [9.17, 15) is 9.59 Å². The lowest BCUT2D eigenvalue weighted by Crippen LogP contribution is -2.56. The third-order valence-electron chi connectivity index (χ3n) is 5.49. The first-order chi connectivity index (χ1) is 15.7. The smallest absolute Gasteiger partial charge is 0.408 e. The maximum atomic E-state index is 13.8. The lowest BCUT2D eigenvalue weighted by Gasteiger charge is -2.38. The number of hydrogen-bond donors (Lipinski definition) is 2. The van der Waals surface area contributed by atoms with Crippen LogP contribution in [0, 0.1) is 0 Å². The Kier molecular flexibility index (Phi) is 5.84. The van der Waals surface area contributed by atoms with Gasteiger partial charge in [-0.25, -0.2) is 9.48 Å². The summed E-state index contributed by atoms with van der Waals surface area (Å²) in [5, 5.41) is 7.44. The van der Waals surface area contributed by atoms with E-state index in [-0.39, 0.29) is 5.91 Å². The van der Waals surface area contributed by atoms with Crippen LogP contribution >= 0.6 is 0 Å². The predicted octanol–water partition coefficient (Wildman–Crippen LogP) is 3.85. The number of carbonyl (C=O) groups is 2. The maximum Gasteiger partial charge on any atom is 0.408 e. The molecule has 0 spiro atoms. The highest BCUT2D eigenvalue weighted by molar-refractivity contribution is 6.02. The number of ether oxygens (including phenoxy) is 1. The number of amides is 2. The van der Waals surface area contributed by atoms with E-state index in [0.29, 0.717) is 18.1 Å². The minimum Gasteiger partial charge on any atom is -0.444 e. The van der Waals surface area contributed by atoms with Gasteiger partial charge in [-0.1, -0.05) is 30.3 Å². The van der Waals surface area contributed by atoms with E-state index in [2.05, 4.69) is 10.4 Å². The fourth-order valence-corrected chi connectivity index (χ4v) is 4.21. The average Bonchev–Trinajstić information content (AvgIpc) is 3.18. The Hall–Kier alpha value is -3.81. The van der Waals surface area contributed by atoms with E-state index in [1.807, 2.05) is 55.5 Å². The maximum absolute atomic E-state index is 13.8. The van der Waals surface area contributed by atoms with Gasteiger partial charge < -0.3 is 15.8 Å². The minimum absolute atomic E-state index is 0.235. The van der Waals surface area contributed by atoms with E-state index in [4.69, 9.17) is 10.5 Å². The number of anilines is 2. The van der Waals surface area contributed by atoms with Gasteiger partial charge in [-0.2, -0.15) is 5.10 Å². The summed E-state index contributed by atoms with van der Waals surface area (Å²) in [7, 11) is 0. The summed E-state index contributed by atoms with van der Waals surface area (Å²) in [6, 6.07) is 16.1. The minimum atomic E-state index is -0.873. The van der Waals surface area contributed by atoms with Gasteiger partial charge in [0.25, 0.3) is 5.91 Å². The Bertz CT molecular complexity index is 1170. The molecule has 0 unspecified atom stereocenters. The molecule has 172 valence electrons. The van der Waals surface area contributed by atoms with E-state index >= 15 is 0 Å². The summed E-state index contributed by atoms with van der Waals surface area (Å²) in [4.78, 5) is 28.1. The first kappa shape index (κ1) is 22.4. The van der Waals surface area contributed by atoms with Gasteiger partial charge in [-0.3, -0.25) is 9.69 Å². The molecule has 2 atom stereocenters. The van der Waals surface area contributed by atoms with Gasteiger partial charge in [0, 0.05) is 23.7 Å². The molecule has 8 heteroatoms. The topological polar surface area (TPSA) is 102 Å². The molecule has 0 aliphatic carbocycles. The molecule has 4 rings (SSSR count). The number of alkyl carbamates (subject to hydrolysis) is 1. The Morgan fingerprint density at radius 2 is 1.88 bits per heavy atom. The van der Waals surface area contributed by atoms with E-state index < -0.39 is 23.7 Å². The predicted molar refractivity (Wildman–Crippen MR) is 127 cm³/mol. The van der Waals surface area contributed by atoms with Crippen molar-refractivity contribution in [3.8, 4) is 5.69 Å². The number of fused-ring (bicyclic) bond motifs is 1. The number of aromatic nitrogens is 2. The first-order valence-corrected chi connectivity index (χ1v) is 11.0. The van der Waals surface area contributed by atoms with Gasteiger partial charge in [0.15, 0.2) is 0 Å². The molecule has 0 radical (unpaired) electrons. The summed E-state index contributed by atoms with van der Waals surface area (Å²) < 4.78 is 7.23. The van der Waals surface area contributed by atoms with Crippen molar-refractivity contribution in [2.24, 2.45) is 0 Å². The van der Waals surface area contributed by atoms with Gasteiger partial charge in [0.1, 0.15) is 17.5 Å². The third kappa shape index (κ3) is 4.41. The van der Waals surface area contributed by atoms with Crippen molar-refractivity contribution in [3.63, 3.8) is 0 Å². The summed E-state index contributed by atoms with van der Waals surface area (Å²) in [5.41, 5.74) is 8.44. The Balaban J connectivity index is 1.86. The second-order valence-corrected chi connectivity index (χ2v) is 9.03. The molecule has 2 heterocycles. The molecule has 3 aromatic rings. The van der Waals surface area contributed by atoms with Gasteiger partial charge in [-0.05, 0) is 57.5 Å². The lowest BCUT2D eigenvalue weighted by molar-refractivity contribution is -0.121. The SMILES string of the molecule is CCN1C(=O)[C@@H](NC(=O)OC(C)(C)C)[C@H](c2cccc(N)c2)c2cnn(-c3ccccc3)c21. The quantitative estimate of drug-likeness (QED) is 0.592. The average molecular weight is 448 g/mol. The highest BCUT2D eigenvalue weighted by Crippen LogP contribution is 2.41. The summed E-state index contributed by atoms with van der Waals surface area (Å²) in [5.74, 6) is -0.0342. The normalized spacial score (nSPS) is 18.1. The van der Waals surface area contributed by atoms with Crippen LogP contribution in [0.4, 0.5) is 16.3 Å². The summed E-state index contributed by atoms with van der Waals surface area (Å²) in [6.45, 7) is 7.66. The fourth-order valence-electron chi connectivity index (χ4n) is 4.21. The van der Waals surface area contributed by atoms with E-state index in [1.165, 1.54) is 0 Å². The van der Waals surface area contributed by atoms with Crippen LogP contribution in [0.2, 0.25) is 0 Å². The van der Waals surface area contributed by atoms with E-state index in [0.717, 1.165) is 16.8 Å². The molecule has 33 heavy (non-hydrogen) atoms. The molecular formula is C25H29N5O3. The molecule has 1 aliphatic heterocycles. The van der Waals surface area contributed by atoms with Crippen molar-refractivity contribution >= 4 is 23.5 Å². The third-order valence-corrected chi connectivity index (χ3v) is 5.49. The van der Waals surface area contributed by atoms with Gasteiger partial charge in [-0.15, -0.1) is 0 Å². The number of benzene rings is 2. The van der Waals surface area contributed by atoms with Crippen molar-refractivity contribution in [1.82, 2.24) is 15.1 Å². The van der Waals surface area contributed by atoms with Crippen molar-refractivity contribution in [2.45, 2.75) is 45.3 Å². The van der Waals surface area contributed by atoms with Crippen LogP contribution in [-0.2, 0) is 9.53 Å². The van der Waals surface area contributed by atoms with Crippen molar-refractivity contribution < 1.29 is 14.3 Å². The molecule has 2 amide bonds. The standard InChI is InChI=1S/C25H29N5O3/c1-5-29-22-19(15-27-30(22)18-12-7-6-8-13-18)20(16-10-9-11-17(26)14-16)21(23(29)31)28-24(32)33-25(2,3)4/h6-15,20-21H,5,26H2,1-4H3,(H,28,32)/t20-,21+/m1/s1. The Morgan fingerprint density at radius 3 is 2.52 bits per heavy atom. The zero-order chi connectivity index (χ0) is 23.8. The molecule has 0 saturated heterocycles. The Labute approximate surface area is 193 Å². The summed E-state index contributed by atoms with van der Waals surface area (Å²) >= 11 is 0. The highest BCUT2D eigenvalue weighted by atomic mass is 16.6. The molecule has 3 N–H and O–H groups in total. The number of nitrogens with two attached hydrogens (primary N) is 1. The lowest BCUT2D eigenvalue weighted by atomic mass is 9.82. The largest absolute Gasteiger partial charge is 0.444 e. The number of carbonyl (C=O) groups excluding carboxylic acids is 2. The number of nitrogens with zero attached hydrogens (tertiary/aromatic N) is 3. The number of nitrogen functional groups attached to an aromatic ring is 1. The molecule has 0 saturated carbocycles. The monoisotopic (exact) mass is 447 g/mol. The number of hydrogen-bond acceptors (Lipinski definition) is 5. The van der Waals surface area contributed by atoms with Crippen LogP contribution in [-0.4, -0.2) is 40.0 Å². The van der Waals surface area contributed by atoms with E-state index in [1.54, 1.807) is 42.6 Å². The molecule has 1 aliphatic rings. The van der Waals surface area contributed by atoms with Crippen LogP contribution in [0.1, 0.15) is 44.7 Å². The number of para-hydroxylation sites is 1. The molecule has 8 nitrogen and oxygen atoms in total. The second kappa shape index (κ2) is 8.61. The molecule has 0 fully saturated rings. The zero-order valence-electron chi connectivity index (χ0n) is 19.3.